The molecule has 3 aromatic rings. The van der Waals surface area contributed by atoms with Crippen LogP contribution in [0, 0.1) is 6.92 Å². The predicted octanol–water partition coefficient (Wildman–Crippen LogP) is -0.881. The van der Waals surface area contributed by atoms with E-state index in [0.29, 0.717) is 12.7 Å². The van der Waals surface area contributed by atoms with Gasteiger partial charge in [0.05, 0.1) is 11.2 Å². The van der Waals surface area contributed by atoms with Crippen LogP contribution in [0.25, 0.3) is 10.9 Å². The van der Waals surface area contributed by atoms with Crippen LogP contribution in [0.2, 0.25) is 0 Å². The third-order valence-corrected chi connectivity index (χ3v) is 4.95. The number of rotatable bonds is 3. The lowest BCUT2D eigenvalue weighted by atomic mass is 10.2. The number of nitrogens with zero attached hydrogens (tertiary/aromatic N) is 2. The number of nitrogens with one attached hydrogen (secondary N) is 4. The number of anilines is 1. The second-order valence-corrected chi connectivity index (χ2v) is 6.97. The zero-order valence-electron chi connectivity index (χ0n) is 15.6. The normalized spacial score (nSPS) is 17.9. The first kappa shape index (κ1) is 16.8. The van der Waals surface area contributed by atoms with Crippen molar-refractivity contribution in [3.05, 3.63) is 53.7 Å². The Labute approximate surface area is 162 Å². The largest absolute Gasteiger partial charge is 0.454 e. The first-order valence-corrected chi connectivity index (χ1v) is 9.32. The summed E-state index contributed by atoms with van der Waals surface area (Å²) in [5.74, 6) is 3.06. The Morgan fingerprint density at radius 1 is 1.14 bits per heavy atom. The first-order valence-electron chi connectivity index (χ1n) is 9.32. The van der Waals surface area contributed by atoms with Crippen LogP contribution in [-0.4, -0.2) is 36.1 Å². The SMILES string of the molecule is Cc1nc(NC2=[NH+]C[NH+](Cc3ccc4c(c3)OCO4)CN2)nc2ccccc12. The highest BCUT2D eigenvalue weighted by molar-refractivity contribution is 5.89. The monoisotopic (exact) mass is 378 g/mol. The lowest BCUT2D eigenvalue weighted by Crippen LogP contribution is -3.23. The predicted molar refractivity (Wildman–Crippen MR) is 104 cm³/mol. The minimum absolute atomic E-state index is 0.304. The Morgan fingerprint density at radius 3 is 2.93 bits per heavy atom. The fourth-order valence-electron chi connectivity index (χ4n) is 3.51. The Morgan fingerprint density at radius 2 is 2.04 bits per heavy atom. The molecule has 8 heteroatoms. The lowest BCUT2D eigenvalue weighted by molar-refractivity contribution is -0.991. The maximum atomic E-state index is 5.46. The van der Waals surface area contributed by atoms with E-state index in [1.54, 1.807) is 0 Å². The third kappa shape index (κ3) is 3.29. The molecule has 0 spiro atoms. The van der Waals surface area contributed by atoms with Crippen LogP contribution in [0.1, 0.15) is 11.3 Å². The molecule has 4 N–H and O–H groups in total. The molecule has 2 aliphatic rings. The quantitative estimate of drug-likeness (QED) is 0.474. The van der Waals surface area contributed by atoms with E-state index < -0.39 is 0 Å². The minimum Gasteiger partial charge on any atom is -0.454 e. The number of guanidine groups is 1. The summed E-state index contributed by atoms with van der Waals surface area (Å²) in [6.07, 6.45) is 0. The zero-order valence-corrected chi connectivity index (χ0v) is 15.6. The summed E-state index contributed by atoms with van der Waals surface area (Å²) >= 11 is 0. The third-order valence-electron chi connectivity index (χ3n) is 4.95. The van der Waals surface area contributed by atoms with Gasteiger partial charge < -0.3 is 9.47 Å². The summed E-state index contributed by atoms with van der Waals surface area (Å²) < 4.78 is 10.8. The van der Waals surface area contributed by atoms with Gasteiger partial charge in [-0.1, -0.05) is 18.2 Å². The second-order valence-electron chi connectivity index (χ2n) is 6.97. The summed E-state index contributed by atoms with van der Waals surface area (Å²) in [6, 6.07) is 14.1. The fourth-order valence-corrected chi connectivity index (χ4v) is 3.51. The van der Waals surface area contributed by atoms with Crippen LogP contribution in [0.4, 0.5) is 5.95 Å². The first-order chi connectivity index (χ1) is 13.7. The van der Waals surface area contributed by atoms with Crippen LogP contribution in [-0.2, 0) is 6.54 Å². The van der Waals surface area contributed by atoms with E-state index in [9.17, 15) is 0 Å². The molecule has 28 heavy (non-hydrogen) atoms. The maximum absolute atomic E-state index is 5.46. The van der Waals surface area contributed by atoms with Gasteiger partial charge in [0.25, 0.3) is 5.95 Å². The van der Waals surface area contributed by atoms with E-state index in [4.69, 9.17) is 9.47 Å². The zero-order chi connectivity index (χ0) is 18.9. The van der Waals surface area contributed by atoms with Crippen molar-refractivity contribution >= 4 is 22.8 Å². The molecule has 1 unspecified atom stereocenters. The smallest absolute Gasteiger partial charge is 0.359 e. The average molecular weight is 378 g/mol. The molecule has 0 aliphatic carbocycles. The number of para-hydroxylation sites is 1. The van der Waals surface area contributed by atoms with Crippen LogP contribution in [0.3, 0.4) is 0 Å². The van der Waals surface area contributed by atoms with E-state index in [1.165, 1.54) is 10.5 Å². The molecule has 0 amide bonds. The molecule has 8 nitrogen and oxygen atoms in total. The number of benzene rings is 2. The number of hydrogen-bond donors (Lipinski definition) is 4. The Kier molecular flexibility index (Phi) is 4.17. The number of ether oxygens (including phenoxy) is 2. The molecule has 0 saturated heterocycles. The Bertz CT molecular complexity index is 1070. The van der Waals surface area contributed by atoms with Gasteiger partial charge >= 0.3 is 5.96 Å². The van der Waals surface area contributed by atoms with Gasteiger partial charge in [0.1, 0.15) is 6.54 Å². The van der Waals surface area contributed by atoms with Crippen molar-refractivity contribution in [3.8, 4) is 11.5 Å². The van der Waals surface area contributed by atoms with Gasteiger partial charge in [0, 0.05) is 10.9 Å². The summed E-state index contributed by atoms with van der Waals surface area (Å²) in [6.45, 7) is 4.76. The summed E-state index contributed by atoms with van der Waals surface area (Å²) in [7, 11) is 0. The molecular weight excluding hydrogens is 356 g/mol. The van der Waals surface area contributed by atoms with E-state index in [-0.39, 0.29) is 0 Å². The van der Waals surface area contributed by atoms with Gasteiger partial charge in [-0.15, -0.1) is 0 Å². The molecule has 0 fully saturated rings. The van der Waals surface area contributed by atoms with Crippen molar-refractivity contribution in [1.29, 1.82) is 0 Å². The number of hydrogen-bond acceptors (Lipinski definition) is 6. The van der Waals surface area contributed by atoms with Crippen molar-refractivity contribution in [1.82, 2.24) is 15.3 Å². The van der Waals surface area contributed by atoms with Crippen molar-refractivity contribution < 1.29 is 19.4 Å². The number of aryl methyl sites for hydroxylation is 1. The molecule has 3 heterocycles. The summed E-state index contributed by atoms with van der Waals surface area (Å²) in [5.41, 5.74) is 3.11. The van der Waals surface area contributed by atoms with Crippen LogP contribution in [0.5, 0.6) is 11.5 Å². The highest BCUT2D eigenvalue weighted by Gasteiger charge is 2.22. The van der Waals surface area contributed by atoms with Crippen LogP contribution < -0.4 is 30.0 Å². The molecule has 0 bridgehead atoms. The van der Waals surface area contributed by atoms with Gasteiger partial charge in [-0.2, -0.15) is 4.98 Å². The molecule has 1 aromatic heterocycles. The van der Waals surface area contributed by atoms with Crippen molar-refractivity contribution in [2.75, 3.05) is 25.4 Å². The van der Waals surface area contributed by atoms with Gasteiger partial charge in [-0.3, -0.25) is 4.90 Å². The minimum atomic E-state index is 0.304. The highest BCUT2D eigenvalue weighted by atomic mass is 16.7. The van der Waals surface area contributed by atoms with Gasteiger partial charge in [0.2, 0.25) is 6.79 Å². The van der Waals surface area contributed by atoms with E-state index >= 15 is 0 Å². The Hall–Kier alpha value is -3.39. The molecule has 2 aliphatic heterocycles. The second kappa shape index (κ2) is 6.97. The van der Waals surface area contributed by atoms with Crippen LogP contribution in [0.15, 0.2) is 42.5 Å². The number of quaternary nitrogens is 1. The summed E-state index contributed by atoms with van der Waals surface area (Å²) in [4.78, 5) is 13.9. The maximum Gasteiger partial charge on any atom is 0.359 e. The fraction of sp³-hybridized carbons (Fsp3) is 0.250. The number of fused-ring (bicyclic) bond motifs is 2. The standard InChI is InChI=1S/C20H20N6O2/c1-13-15-4-2-3-5-16(15)24-20(23-13)25-19-21-10-26(11-22-19)9-14-6-7-17-18(8-14)28-12-27-17/h2-8H,9-12H2,1H3,(H2,21,22,23,24,25)/p+2. The Balaban J connectivity index is 1.25. The van der Waals surface area contributed by atoms with Crippen molar-refractivity contribution in [2.24, 2.45) is 0 Å². The van der Waals surface area contributed by atoms with E-state index in [0.717, 1.165) is 53.9 Å². The summed E-state index contributed by atoms with van der Waals surface area (Å²) in [5, 5.41) is 7.71. The number of aromatic nitrogens is 2. The molecule has 2 aromatic carbocycles. The van der Waals surface area contributed by atoms with Crippen molar-refractivity contribution in [3.63, 3.8) is 0 Å². The average Bonchev–Trinajstić information content (AvgIpc) is 3.17. The lowest BCUT2D eigenvalue weighted by Gasteiger charge is -2.20. The molecule has 1 atom stereocenters. The molecule has 142 valence electrons. The highest BCUT2D eigenvalue weighted by Crippen LogP contribution is 2.32. The van der Waals surface area contributed by atoms with Gasteiger partial charge in [-0.25, -0.2) is 20.6 Å². The topological polar surface area (TPSA) is 86.7 Å². The van der Waals surface area contributed by atoms with Gasteiger partial charge in [-0.05, 0) is 31.2 Å². The molecule has 0 saturated carbocycles. The molecule has 0 radical (unpaired) electrons. The van der Waals surface area contributed by atoms with Gasteiger partial charge in [0.15, 0.2) is 24.8 Å². The molecule has 5 rings (SSSR count). The van der Waals surface area contributed by atoms with E-state index in [1.807, 2.05) is 37.3 Å². The van der Waals surface area contributed by atoms with E-state index in [2.05, 4.69) is 37.7 Å². The van der Waals surface area contributed by atoms with Crippen molar-refractivity contribution in [2.45, 2.75) is 13.5 Å². The van der Waals surface area contributed by atoms with Crippen LogP contribution >= 0.6 is 0 Å². The molecular formula is C20H22N6O2+2.